The first-order valence-electron chi connectivity index (χ1n) is 13.1. The van der Waals surface area contributed by atoms with E-state index in [4.69, 9.17) is 16.6 Å². The first kappa shape index (κ1) is 21.5. The van der Waals surface area contributed by atoms with Crippen molar-refractivity contribution in [1.82, 2.24) is 9.88 Å². The second-order valence-corrected chi connectivity index (χ2v) is 10.9. The Morgan fingerprint density at radius 2 is 1.82 bits per heavy atom. The van der Waals surface area contributed by atoms with Crippen LogP contribution in [0.5, 0.6) is 0 Å². The van der Waals surface area contributed by atoms with Crippen LogP contribution in [0.3, 0.4) is 0 Å². The van der Waals surface area contributed by atoms with Crippen molar-refractivity contribution in [2.45, 2.75) is 71.1 Å². The predicted octanol–water partition coefficient (Wildman–Crippen LogP) is 7.61. The quantitative estimate of drug-likeness (QED) is 0.470. The van der Waals surface area contributed by atoms with Crippen LogP contribution in [-0.2, 0) is 12.8 Å². The first-order valence-corrected chi connectivity index (χ1v) is 13.5. The molecular formula is C30H35ClN2. The zero-order valence-electron chi connectivity index (χ0n) is 19.9. The molecule has 2 nitrogen and oxygen atoms in total. The first-order chi connectivity index (χ1) is 16.2. The van der Waals surface area contributed by atoms with E-state index in [-0.39, 0.29) is 0 Å². The molecule has 0 amide bonds. The van der Waals surface area contributed by atoms with Crippen LogP contribution < -0.4 is 0 Å². The van der Waals surface area contributed by atoms with Crippen molar-refractivity contribution in [1.29, 1.82) is 0 Å². The number of benzene rings is 1. The van der Waals surface area contributed by atoms with Gasteiger partial charge in [0.05, 0.1) is 5.69 Å². The van der Waals surface area contributed by atoms with Crippen molar-refractivity contribution in [2.75, 3.05) is 13.1 Å². The third-order valence-corrected chi connectivity index (χ3v) is 9.04. The number of aryl methyl sites for hydroxylation is 2. The number of pyridine rings is 1. The highest BCUT2D eigenvalue weighted by Crippen LogP contribution is 2.48. The average Bonchev–Trinajstić information content (AvgIpc) is 2.94. The van der Waals surface area contributed by atoms with E-state index < -0.39 is 0 Å². The number of piperidine rings is 1. The van der Waals surface area contributed by atoms with E-state index in [9.17, 15) is 0 Å². The molecule has 33 heavy (non-hydrogen) atoms. The van der Waals surface area contributed by atoms with Crippen LogP contribution in [0.25, 0.3) is 5.57 Å². The standard InChI is InChI=1S/C30H35ClN2/c1-2-20-10-12-27(20)30(23-5-3-6-23)33-17-14-21(15-18-33)28-26-13-11-25(31)19-24(26)9-8-22-7-4-16-32-29(22)28/h4,7,11,13,16,19-20,27H,2-3,5-6,8-10,12,14-15,17-18H2,1H3/t20?,27-/m0/s1. The minimum atomic E-state index is 0.836. The fourth-order valence-electron chi connectivity index (χ4n) is 6.65. The number of hydrogen-bond acceptors (Lipinski definition) is 2. The van der Waals surface area contributed by atoms with E-state index in [1.807, 2.05) is 6.20 Å². The molecule has 2 atom stereocenters. The molecule has 172 valence electrons. The fraction of sp³-hybridized carbons (Fsp3) is 0.500. The summed E-state index contributed by atoms with van der Waals surface area (Å²) in [6, 6.07) is 10.8. The lowest BCUT2D eigenvalue weighted by Crippen LogP contribution is -2.40. The van der Waals surface area contributed by atoms with Crippen molar-refractivity contribution >= 4 is 17.2 Å². The molecule has 1 aromatic carbocycles. The van der Waals surface area contributed by atoms with Crippen LogP contribution in [0, 0.1) is 11.8 Å². The molecule has 1 aromatic heterocycles. The average molecular weight is 459 g/mol. The largest absolute Gasteiger partial charge is 0.374 e. The Morgan fingerprint density at radius 3 is 2.52 bits per heavy atom. The van der Waals surface area contributed by atoms with Gasteiger partial charge in [0.2, 0.25) is 0 Å². The molecule has 4 aliphatic rings. The van der Waals surface area contributed by atoms with Crippen LogP contribution in [0.2, 0.25) is 5.02 Å². The molecule has 0 radical (unpaired) electrons. The summed E-state index contributed by atoms with van der Waals surface area (Å²) in [5.41, 5.74) is 11.9. The normalized spacial score (nSPS) is 24.4. The number of rotatable bonds is 3. The molecule has 0 N–H and O–H groups in total. The number of likely N-dealkylation sites (tertiary alicyclic amines) is 1. The van der Waals surface area contributed by atoms with Crippen LogP contribution >= 0.6 is 11.6 Å². The summed E-state index contributed by atoms with van der Waals surface area (Å²) < 4.78 is 0. The zero-order valence-corrected chi connectivity index (χ0v) is 20.6. The third-order valence-electron chi connectivity index (χ3n) is 8.80. The van der Waals surface area contributed by atoms with Gasteiger partial charge in [0.1, 0.15) is 0 Å². The number of nitrogens with zero attached hydrogens (tertiary/aromatic N) is 2. The third kappa shape index (κ3) is 3.85. The van der Waals surface area contributed by atoms with Gasteiger partial charge in [-0.3, -0.25) is 4.98 Å². The highest BCUT2D eigenvalue weighted by molar-refractivity contribution is 6.30. The Labute approximate surface area is 203 Å². The second-order valence-electron chi connectivity index (χ2n) is 10.5. The maximum atomic E-state index is 6.41. The number of fused-ring (bicyclic) bond motifs is 2. The lowest BCUT2D eigenvalue weighted by Gasteiger charge is -2.47. The van der Waals surface area contributed by atoms with Gasteiger partial charge in [0, 0.05) is 41.5 Å². The number of halogens is 1. The molecule has 0 bridgehead atoms. The van der Waals surface area contributed by atoms with E-state index >= 15 is 0 Å². The van der Waals surface area contributed by atoms with Crippen molar-refractivity contribution < 1.29 is 0 Å². The SMILES string of the molecule is CCC1CC[C@@H]1C(=C1CCC1)N1CCC(=C2c3ccc(Cl)cc3CCc3cccnc32)CC1. The Kier molecular flexibility index (Phi) is 5.82. The molecule has 2 heterocycles. The van der Waals surface area contributed by atoms with Crippen molar-refractivity contribution in [2.24, 2.45) is 11.8 Å². The second kappa shape index (κ2) is 8.95. The summed E-state index contributed by atoms with van der Waals surface area (Å²) in [5, 5.41) is 0.842. The maximum Gasteiger partial charge on any atom is 0.0739 e. The van der Waals surface area contributed by atoms with E-state index in [0.717, 1.165) is 55.6 Å². The van der Waals surface area contributed by atoms with Gasteiger partial charge in [-0.15, -0.1) is 0 Å². The van der Waals surface area contributed by atoms with Gasteiger partial charge < -0.3 is 4.90 Å². The fourth-order valence-corrected chi connectivity index (χ4v) is 6.84. The number of hydrogen-bond donors (Lipinski definition) is 0. The van der Waals surface area contributed by atoms with Gasteiger partial charge >= 0.3 is 0 Å². The summed E-state index contributed by atoms with van der Waals surface area (Å²) in [5.74, 6) is 1.75. The predicted molar refractivity (Wildman–Crippen MR) is 137 cm³/mol. The van der Waals surface area contributed by atoms with Gasteiger partial charge in [-0.1, -0.05) is 48.2 Å². The Bertz CT molecular complexity index is 1110. The van der Waals surface area contributed by atoms with Gasteiger partial charge in [-0.25, -0.2) is 0 Å². The van der Waals surface area contributed by atoms with Gasteiger partial charge in [-0.2, -0.15) is 0 Å². The Morgan fingerprint density at radius 1 is 1.00 bits per heavy atom. The van der Waals surface area contributed by atoms with Crippen LogP contribution in [0.1, 0.15) is 80.7 Å². The van der Waals surface area contributed by atoms with Crippen molar-refractivity contribution in [3.05, 3.63) is 80.8 Å². The van der Waals surface area contributed by atoms with Crippen molar-refractivity contribution in [3.8, 4) is 0 Å². The molecule has 2 saturated carbocycles. The molecule has 0 spiro atoms. The summed E-state index contributed by atoms with van der Waals surface area (Å²) in [7, 11) is 0. The molecular weight excluding hydrogens is 424 g/mol. The molecule has 3 aliphatic carbocycles. The molecule has 2 aromatic rings. The van der Waals surface area contributed by atoms with Crippen LogP contribution in [-0.4, -0.2) is 23.0 Å². The minimum absolute atomic E-state index is 0.836. The van der Waals surface area contributed by atoms with E-state index in [2.05, 4.69) is 42.2 Å². The zero-order chi connectivity index (χ0) is 22.4. The van der Waals surface area contributed by atoms with Crippen molar-refractivity contribution in [3.63, 3.8) is 0 Å². The molecule has 6 rings (SSSR count). The van der Waals surface area contributed by atoms with E-state index in [0.29, 0.717) is 0 Å². The van der Waals surface area contributed by atoms with Crippen LogP contribution in [0.15, 0.2) is 53.4 Å². The minimum Gasteiger partial charge on any atom is -0.374 e. The molecule has 1 saturated heterocycles. The topological polar surface area (TPSA) is 16.1 Å². The molecule has 3 heteroatoms. The van der Waals surface area contributed by atoms with Crippen LogP contribution in [0.4, 0.5) is 0 Å². The Balaban J connectivity index is 1.35. The summed E-state index contributed by atoms with van der Waals surface area (Å²) in [6.45, 7) is 4.71. The summed E-state index contributed by atoms with van der Waals surface area (Å²) in [4.78, 5) is 7.72. The molecule has 1 aliphatic heterocycles. The number of allylic oxidation sites excluding steroid dienone is 2. The molecule has 3 fully saturated rings. The van der Waals surface area contributed by atoms with Gasteiger partial charge in [0.15, 0.2) is 0 Å². The Hall–Kier alpha value is -2.06. The smallest absolute Gasteiger partial charge is 0.0739 e. The summed E-state index contributed by atoms with van der Waals surface area (Å²) in [6.07, 6.45) is 14.6. The van der Waals surface area contributed by atoms with Gasteiger partial charge in [0.25, 0.3) is 0 Å². The van der Waals surface area contributed by atoms with E-state index in [1.165, 1.54) is 66.5 Å². The maximum absolute atomic E-state index is 6.41. The lowest BCUT2D eigenvalue weighted by atomic mass is 9.67. The highest BCUT2D eigenvalue weighted by Gasteiger charge is 2.38. The highest BCUT2D eigenvalue weighted by atomic mass is 35.5. The lowest BCUT2D eigenvalue weighted by molar-refractivity contribution is 0.147. The summed E-state index contributed by atoms with van der Waals surface area (Å²) >= 11 is 6.41. The van der Waals surface area contributed by atoms with Gasteiger partial charge in [-0.05, 0) is 98.6 Å². The van der Waals surface area contributed by atoms with E-state index in [1.54, 1.807) is 16.8 Å². The monoisotopic (exact) mass is 458 g/mol. The molecule has 1 unspecified atom stereocenters. The number of aromatic nitrogens is 1.